The molecule has 0 saturated carbocycles. The van der Waals surface area contributed by atoms with Gasteiger partial charge in [0.2, 0.25) is 23.6 Å². The Hall–Kier alpha value is -3.14. The van der Waals surface area contributed by atoms with Crippen LogP contribution >= 0.6 is 0 Å². The fourth-order valence-electron chi connectivity index (χ4n) is 4.69. The fourth-order valence-corrected chi connectivity index (χ4v) is 4.69. The molecule has 4 amide bonds. The molecular weight excluding hydrogens is 640 g/mol. The van der Waals surface area contributed by atoms with Crippen molar-refractivity contribution in [2.45, 2.75) is 116 Å². The van der Waals surface area contributed by atoms with E-state index in [0.717, 1.165) is 44.9 Å². The quantitative estimate of drug-likeness (QED) is 0.0596. The molecular formula is C34H62N4O11. The number of rotatable bonds is 36. The van der Waals surface area contributed by atoms with Crippen molar-refractivity contribution in [3.05, 3.63) is 0 Å². The highest BCUT2D eigenvalue weighted by Gasteiger charge is 2.18. The van der Waals surface area contributed by atoms with Crippen molar-refractivity contribution in [3.63, 3.8) is 0 Å². The van der Waals surface area contributed by atoms with Gasteiger partial charge >= 0.3 is 5.97 Å². The summed E-state index contributed by atoms with van der Waals surface area (Å²) in [5.41, 5.74) is 4.94. The van der Waals surface area contributed by atoms with Gasteiger partial charge in [0.15, 0.2) is 5.78 Å². The molecule has 0 aromatic heterocycles. The van der Waals surface area contributed by atoms with Gasteiger partial charge in [0.25, 0.3) is 0 Å². The first-order valence-electron chi connectivity index (χ1n) is 17.8. The van der Waals surface area contributed by atoms with Gasteiger partial charge in [-0.3, -0.25) is 28.8 Å². The highest BCUT2D eigenvalue weighted by atomic mass is 16.5. The van der Waals surface area contributed by atoms with E-state index in [1.54, 1.807) is 0 Å². The monoisotopic (exact) mass is 702 g/mol. The molecule has 0 spiro atoms. The van der Waals surface area contributed by atoms with E-state index in [0.29, 0.717) is 13.0 Å². The zero-order chi connectivity index (χ0) is 36.4. The molecule has 15 heteroatoms. The average Bonchev–Trinajstić information content (AvgIpc) is 3.05. The predicted octanol–water partition coefficient (Wildman–Crippen LogP) is 2.17. The van der Waals surface area contributed by atoms with E-state index in [4.69, 9.17) is 29.8 Å². The second kappa shape index (κ2) is 33.4. The number of nitrogens with two attached hydrogens (primary N) is 1. The van der Waals surface area contributed by atoms with Crippen molar-refractivity contribution in [3.8, 4) is 0 Å². The molecule has 0 aliphatic rings. The molecule has 15 nitrogen and oxygen atoms in total. The number of unbranched alkanes of at least 4 members (excludes halogenated alkanes) is 11. The third-order valence-corrected chi connectivity index (χ3v) is 7.39. The first-order chi connectivity index (χ1) is 23.6. The van der Waals surface area contributed by atoms with Crippen molar-refractivity contribution in [1.82, 2.24) is 16.0 Å². The number of nitrogens with one attached hydrogen (secondary N) is 3. The number of ketones is 1. The van der Waals surface area contributed by atoms with Gasteiger partial charge in [-0.05, 0) is 26.2 Å². The molecule has 0 aromatic rings. The zero-order valence-corrected chi connectivity index (χ0v) is 29.6. The van der Waals surface area contributed by atoms with Crippen LogP contribution < -0.4 is 21.7 Å². The summed E-state index contributed by atoms with van der Waals surface area (Å²) in [7, 11) is 0. The van der Waals surface area contributed by atoms with E-state index in [1.165, 1.54) is 39.0 Å². The largest absolute Gasteiger partial charge is 0.481 e. The van der Waals surface area contributed by atoms with Crippen LogP contribution in [0.1, 0.15) is 110 Å². The number of aliphatic carboxylic acids is 1. The number of carbonyl (C=O) groups excluding carboxylic acids is 5. The second-order valence-corrected chi connectivity index (χ2v) is 11.9. The molecule has 0 aliphatic heterocycles. The van der Waals surface area contributed by atoms with Crippen LogP contribution in [0.5, 0.6) is 0 Å². The zero-order valence-electron chi connectivity index (χ0n) is 29.6. The van der Waals surface area contributed by atoms with E-state index in [1.807, 2.05) is 0 Å². The van der Waals surface area contributed by atoms with E-state index >= 15 is 0 Å². The summed E-state index contributed by atoms with van der Waals surface area (Å²) in [4.78, 5) is 69.3. The third kappa shape index (κ3) is 34.5. The van der Waals surface area contributed by atoms with Gasteiger partial charge in [0.05, 0.1) is 45.7 Å². The Labute approximate surface area is 291 Å². The van der Waals surface area contributed by atoms with Crippen LogP contribution in [-0.4, -0.2) is 112 Å². The summed E-state index contributed by atoms with van der Waals surface area (Å²) in [5.74, 6) is -2.16. The van der Waals surface area contributed by atoms with Crippen molar-refractivity contribution in [1.29, 1.82) is 0 Å². The van der Waals surface area contributed by atoms with Crippen LogP contribution in [0.4, 0.5) is 0 Å². The maximum atomic E-state index is 12.3. The lowest BCUT2D eigenvalue weighted by atomic mass is 10.0. The topological polar surface area (TPSA) is 222 Å². The summed E-state index contributed by atoms with van der Waals surface area (Å²) in [6, 6.07) is -0.692. The number of carboxylic acids is 1. The smallest absolute Gasteiger partial charge is 0.303 e. The Bertz CT molecular complexity index is 921. The third-order valence-electron chi connectivity index (χ3n) is 7.39. The maximum Gasteiger partial charge on any atom is 0.303 e. The van der Waals surface area contributed by atoms with E-state index in [-0.39, 0.29) is 102 Å². The van der Waals surface area contributed by atoms with Crippen LogP contribution in [0.2, 0.25) is 0 Å². The van der Waals surface area contributed by atoms with Crippen molar-refractivity contribution in [2.75, 3.05) is 65.9 Å². The standard InChI is InChI=1S/C34H62N4O11/c1-28(39)29(38-32(42)14-12-10-8-6-4-2-3-5-7-9-11-13-15-34(44)45)16-17-31(41)36-18-20-46-23-25-49-27-33(43)37-19-21-47-22-24-48-26-30(35)40/h29H,2-27H2,1H3,(H2,35,40)(H,36,41)(H,37,43)(H,38,42)(H,44,45)/t29-/m0/s1. The lowest BCUT2D eigenvalue weighted by Gasteiger charge is -2.16. The second-order valence-electron chi connectivity index (χ2n) is 11.9. The number of carbonyl (C=O) groups is 6. The lowest BCUT2D eigenvalue weighted by Crippen LogP contribution is -2.40. The van der Waals surface area contributed by atoms with Crippen molar-refractivity contribution < 1.29 is 52.8 Å². The van der Waals surface area contributed by atoms with Gasteiger partial charge in [0, 0.05) is 32.4 Å². The first kappa shape index (κ1) is 45.9. The van der Waals surface area contributed by atoms with Crippen LogP contribution in [0.25, 0.3) is 0 Å². The number of amides is 4. The summed E-state index contributed by atoms with van der Waals surface area (Å²) in [6.07, 6.45) is 13.7. The van der Waals surface area contributed by atoms with Gasteiger partial charge in [-0.1, -0.05) is 64.2 Å². The van der Waals surface area contributed by atoms with Crippen LogP contribution in [-0.2, 0) is 47.7 Å². The summed E-state index contributed by atoms with van der Waals surface area (Å²) in [6.45, 7) is 3.21. The Morgan fingerprint density at radius 3 is 1.49 bits per heavy atom. The highest BCUT2D eigenvalue weighted by Crippen LogP contribution is 2.13. The SMILES string of the molecule is CC(=O)[C@H](CCC(=O)NCCOCCOCC(=O)NCCOCCOCC(N)=O)NC(=O)CCCCCCCCCCCCCCC(=O)O. The van der Waals surface area contributed by atoms with Gasteiger partial charge in [0.1, 0.15) is 13.2 Å². The summed E-state index contributed by atoms with van der Waals surface area (Å²) < 4.78 is 20.8. The summed E-state index contributed by atoms with van der Waals surface area (Å²) in [5, 5.41) is 16.8. The minimum atomic E-state index is -0.717. The summed E-state index contributed by atoms with van der Waals surface area (Å²) >= 11 is 0. The Kier molecular flexibility index (Phi) is 31.2. The molecule has 6 N–H and O–H groups in total. The van der Waals surface area contributed by atoms with Crippen LogP contribution in [0.15, 0.2) is 0 Å². The van der Waals surface area contributed by atoms with Crippen LogP contribution in [0, 0.1) is 0 Å². The number of hydrogen-bond acceptors (Lipinski definition) is 10. The number of primary amides is 1. The molecule has 0 unspecified atom stereocenters. The number of carboxylic acid groups (broad SMARTS) is 1. The molecule has 0 aromatic carbocycles. The van der Waals surface area contributed by atoms with Gasteiger partial charge in [-0.2, -0.15) is 0 Å². The average molecular weight is 703 g/mol. The minimum Gasteiger partial charge on any atom is -0.481 e. The Balaban J connectivity index is 3.68. The molecule has 0 aliphatic carbocycles. The molecule has 0 fully saturated rings. The van der Waals surface area contributed by atoms with E-state index in [9.17, 15) is 28.8 Å². The molecule has 0 heterocycles. The van der Waals surface area contributed by atoms with Crippen molar-refractivity contribution >= 4 is 35.4 Å². The minimum absolute atomic E-state index is 0.0988. The molecule has 49 heavy (non-hydrogen) atoms. The van der Waals surface area contributed by atoms with Gasteiger partial charge in [-0.15, -0.1) is 0 Å². The van der Waals surface area contributed by atoms with Gasteiger partial charge in [-0.25, -0.2) is 0 Å². The molecule has 1 atom stereocenters. The highest BCUT2D eigenvalue weighted by molar-refractivity contribution is 5.88. The molecule has 0 saturated heterocycles. The first-order valence-corrected chi connectivity index (χ1v) is 17.8. The lowest BCUT2D eigenvalue weighted by molar-refractivity contribution is -0.137. The normalized spacial score (nSPS) is 11.5. The molecule has 0 bridgehead atoms. The number of hydrogen-bond donors (Lipinski definition) is 5. The maximum absolute atomic E-state index is 12.3. The molecule has 0 rings (SSSR count). The molecule has 0 radical (unpaired) electrons. The Morgan fingerprint density at radius 2 is 1.00 bits per heavy atom. The fraction of sp³-hybridized carbons (Fsp3) is 0.824. The van der Waals surface area contributed by atoms with Crippen LogP contribution in [0.3, 0.4) is 0 Å². The number of ether oxygens (including phenoxy) is 4. The van der Waals surface area contributed by atoms with Gasteiger partial charge < -0.3 is 45.7 Å². The van der Waals surface area contributed by atoms with E-state index < -0.39 is 17.9 Å². The number of Topliss-reactive ketones (excluding diaryl/α,β-unsaturated/α-hetero) is 1. The molecule has 284 valence electrons. The van der Waals surface area contributed by atoms with Crippen molar-refractivity contribution in [2.24, 2.45) is 5.73 Å². The predicted molar refractivity (Wildman–Crippen MR) is 183 cm³/mol. The Morgan fingerprint density at radius 1 is 0.551 bits per heavy atom. The van der Waals surface area contributed by atoms with E-state index in [2.05, 4.69) is 16.0 Å².